The summed E-state index contributed by atoms with van der Waals surface area (Å²) in [7, 11) is 0. The Hall–Kier alpha value is -0.150. The molecule has 1 aliphatic rings. The molecule has 1 rings (SSSR count). The van der Waals surface area contributed by atoms with Gasteiger partial charge in [-0.3, -0.25) is 4.90 Å². The van der Waals surface area contributed by atoms with Gasteiger partial charge in [-0.1, -0.05) is 19.1 Å². The fourth-order valence-electron chi connectivity index (χ4n) is 2.21. The molecule has 0 amide bonds. The predicted molar refractivity (Wildman–Crippen MR) is 60.9 cm³/mol. The van der Waals surface area contributed by atoms with Gasteiger partial charge in [-0.05, 0) is 26.2 Å². The van der Waals surface area contributed by atoms with Gasteiger partial charge in [0.1, 0.15) is 0 Å². The van der Waals surface area contributed by atoms with Crippen molar-refractivity contribution in [1.82, 2.24) is 4.90 Å². The van der Waals surface area contributed by atoms with Crippen LogP contribution in [-0.2, 0) is 0 Å². The number of hydrogen-bond acceptors (Lipinski definition) is 2. The van der Waals surface area contributed by atoms with E-state index in [9.17, 15) is 0 Å². The molecule has 76 valence electrons. The fourth-order valence-corrected chi connectivity index (χ4v) is 2.30. The van der Waals surface area contributed by atoms with Gasteiger partial charge in [0, 0.05) is 25.0 Å². The maximum absolute atomic E-state index is 5.51. The molecule has 2 nitrogen and oxygen atoms in total. The van der Waals surface area contributed by atoms with Crippen molar-refractivity contribution in [3.8, 4) is 0 Å². The van der Waals surface area contributed by atoms with E-state index < -0.39 is 0 Å². The van der Waals surface area contributed by atoms with E-state index in [0.29, 0.717) is 4.99 Å². The van der Waals surface area contributed by atoms with Crippen LogP contribution in [0.25, 0.3) is 0 Å². The molecule has 0 bridgehead atoms. The third kappa shape index (κ3) is 2.92. The first-order valence-electron chi connectivity index (χ1n) is 5.19. The number of rotatable bonds is 4. The normalized spacial score (nSPS) is 29.4. The van der Waals surface area contributed by atoms with Gasteiger partial charge in [-0.2, -0.15) is 0 Å². The highest BCUT2D eigenvalue weighted by atomic mass is 32.1. The molecule has 3 heteroatoms. The second kappa shape index (κ2) is 4.91. The summed E-state index contributed by atoms with van der Waals surface area (Å²) in [6.45, 7) is 5.61. The van der Waals surface area contributed by atoms with E-state index in [2.05, 4.69) is 18.7 Å². The third-order valence-electron chi connectivity index (χ3n) is 3.04. The Kier molecular flexibility index (Phi) is 4.13. The van der Waals surface area contributed by atoms with Crippen molar-refractivity contribution in [2.75, 3.05) is 6.54 Å². The molecule has 0 radical (unpaired) electrons. The van der Waals surface area contributed by atoms with Gasteiger partial charge in [0.15, 0.2) is 0 Å². The SMILES string of the molecule is CCC1CCC(C)N1CCC(N)=S. The molecule has 0 aliphatic carbocycles. The average molecular weight is 200 g/mol. The quantitative estimate of drug-likeness (QED) is 0.703. The lowest BCUT2D eigenvalue weighted by atomic mass is 10.1. The number of thiocarbonyl (C=S) groups is 1. The Balaban J connectivity index is 2.40. The number of hydrogen-bond donors (Lipinski definition) is 1. The second-order valence-electron chi connectivity index (χ2n) is 3.94. The van der Waals surface area contributed by atoms with Crippen LogP contribution in [0.3, 0.4) is 0 Å². The van der Waals surface area contributed by atoms with Crippen molar-refractivity contribution < 1.29 is 0 Å². The molecule has 2 atom stereocenters. The van der Waals surface area contributed by atoms with E-state index in [1.54, 1.807) is 0 Å². The zero-order valence-corrected chi connectivity index (χ0v) is 9.44. The number of nitrogens with two attached hydrogens (primary N) is 1. The highest BCUT2D eigenvalue weighted by molar-refractivity contribution is 7.80. The first-order valence-corrected chi connectivity index (χ1v) is 5.60. The minimum Gasteiger partial charge on any atom is -0.393 e. The van der Waals surface area contributed by atoms with Gasteiger partial charge in [0.2, 0.25) is 0 Å². The van der Waals surface area contributed by atoms with Gasteiger partial charge in [0.05, 0.1) is 4.99 Å². The lowest BCUT2D eigenvalue weighted by Gasteiger charge is -2.27. The Morgan fingerprint density at radius 1 is 1.54 bits per heavy atom. The number of likely N-dealkylation sites (tertiary alicyclic amines) is 1. The van der Waals surface area contributed by atoms with Crippen LogP contribution in [-0.4, -0.2) is 28.5 Å². The zero-order chi connectivity index (χ0) is 9.84. The summed E-state index contributed by atoms with van der Waals surface area (Å²) >= 11 is 4.89. The first kappa shape index (κ1) is 10.9. The molecule has 0 aromatic carbocycles. The summed E-state index contributed by atoms with van der Waals surface area (Å²) in [6, 6.07) is 1.49. The van der Waals surface area contributed by atoms with Crippen molar-refractivity contribution in [1.29, 1.82) is 0 Å². The Morgan fingerprint density at radius 2 is 2.23 bits per heavy atom. The average Bonchev–Trinajstić information content (AvgIpc) is 2.43. The van der Waals surface area contributed by atoms with E-state index in [0.717, 1.165) is 25.0 Å². The van der Waals surface area contributed by atoms with E-state index in [1.165, 1.54) is 19.3 Å². The minimum atomic E-state index is 0.647. The summed E-state index contributed by atoms with van der Waals surface area (Å²) in [4.78, 5) is 3.20. The molecule has 0 saturated carbocycles. The molecule has 1 aliphatic heterocycles. The molecule has 0 aromatic rings. The van der Waals surface area contributed by atoms with E-state index in [1.807, 2.05) is 0 Å². The standard InChI is InChI=1S/C10H20N2S/c1-3-9-5-4-8(2)12(9)7-6-10(11)13/h8-9H,3-7H2,1-2H3,(H2,11,13). The van der Waals surface area contributed by atoms with E-state index in [4.69, 9.17) is 18.0 Å². The Bertz CT molecular complexity index is 182. The first-order chi connectivity index (χ1) is 6.15. The number of nitrogens with zero attached hydrogens (tertiary/aromatic N) is 1. The summed E-state index contributed by atoms with van der Waals surface area (Å²) in [5, 5.41) is 0. The molecule has 0 aromatic heterocycles. The lowest BCUT2D eigenvalue weighted by molar-refractivity contribution is 0.205. The smallest absolute Gasteiger partial charge is 0.0740 e. The summed E-state index contributed by atoms with van der Waals surface area (Å²) in [6.07, 6.45) is 4.79. The van der Waals surface area contributed by atoms with Crippen LogP contribution in [0.15, 0.2) is 0 Å². The summed E-state index contributed by atoms with van der Waals surface area (Å²) in [5.74, 6) is 0. The van der Waals surface area contributed by atoms with Crippen LogP contribution >= 0.6 is 12.2 Å². The molecular weight excluding hydrogens is 180 g/mol. The summed E-state index contributed by atoms with van der Waals surface area (Å²) < 4.78 is 0. The van der Waals surface area contributed by atoms with Crippen LogP contribution in [0.5, 0.6) is 0 Å². The van der Waals surface area contributed by atoms with Gasteiger partial charge in [-0.15, -0.1) is 0 Å². The molecule has 1 fully saturated rings. The van der Waals surface area contributed by atoms with Crippen LogP contribution in [0.1, 0.15) is 39.5 Å². The Labute approximate surface area is 86.5 Å². The van der Waals surface area contributed by atoms with Gasteiger partial charge in [0.25, 0.3) is 0 Å². The zero-order valence-electron chi connectivity index (χ0n) is 8.62. The van der Waals surface area contributed by atoms with Crippen LogP contribution in [0, 0.1) is 0 Å². The van der Waals surface area contributed by atoms with Crippen LogP contribution in [0.4, 0.5) is 0 Å². The van der Waals surface area contributed by atoms with Crippen molar-refractivity contribution in [3.05, 3.63) is 0 Å². The maximum atomic E-state index is 5.51. The third-order valence-corrected chi connectivity index (χ3v) is 3.24. The maximum Gasteiger partial charge on any atom is 0.0740 e. The lowest BCUT2D eigenvalue weighted by Crippen LogP contribution is -2.36. The summed E-state index contributed by atoms with van der Waals surface area (Å²) in [5.41, 5.74) is 5.51. The van der Waals surface area contributed by atoms with E-state index >= 15 is 0 Å². The van der Waals surface area contributed by atoms with Crippen molar-refractivity contribution in [2.24, 2.45) is 5.73 Å². The van der Waals surface area contributed by atoms with Crippen LogP contribution < -0.4 is 5.73 Å². The topological polar surface area (TPSA) is 29.3 Å². The monoisotopic (exact) mass is 200 g/mol. The fraction of sp³-hybridized carbons (Fsp3) is 0.900. The largest absolute Gasteiger partial charge is 0.393 e. The highest BCUT2D eigenvalue weighted by Gasteiger charge is 2.28. The van der Waals surface area contributed by atoms with Gasteiger partial charge < -0.3 is 5.73 Å². The Morgan fingerprint density at radius 3 is 2.77 bits per heavy atom. The molecule has 0 spiro atoms. The van der Waals surface area contributed by atoms with Crippen LogP contribution in [0.2, 0.25) is 0 Å². The molecule has 13 heavy (non-hydrogen) atoms. The second-order valence-corrected chi connectivity index (χ2v) is 4.47. The van der Waals surface area contributed by atoms with Gasteiger partial charge >= 0.3 is 0 Å². The van der Waals surface area contributed by atoms with Crippen molar-refractivity contribution >= 4 is 17.2 Å². The van der Waals surface area contributed by atoms with Crippen molar-refractivity contribution in [3.63, 3.8) is 0 Å². The van der Waals surface area contributed by atoms with Gasteiger partial charge in [-0.25, -0.2) is 0 Å². The predicted octanol–water partition coefficient (Wildman–Crippen LogP) is 1.93. The molecular formula is C10H20N2S. The minimum absolute atomic E-state index is 0.647. The molecule has 1 heterocycles. The van der Waals surface area contributed by atoms with Crippen molar-refractivity contribution in [2.45, 2.75) is 51.6 Å². The van der Waals surface area contributed by atoms with E-state index in [-0.39, 0.29) is 0 Å². The highest BCUT2D eigenvalue weighted by Crippen LogP contribution is 2.25. The molecule has 2 unspecified atom stereocenters. The molecule has 2 N–H and O–H groups in total. The molecule has 1 saturated heterocycles.